The van der Waals surface area contributed by atoms with Crippen molar-refractivity contribution in [1.82, 2.24) is 5.01 Å². The van der Waals surface area contributed by atoms with Crippen LogP contribution >= 0.6 is 50.5 Å². The highest BCUT2D eigenvalue weighted by Crippen LogP contribution is 2.50. The van der Waals surface area contributed by atoms with Crippen LogP contribution in [-0.2, 0) is 0 Å². The molecule has 1 aromatic heterocycles. The van der Waals surface area contributed by atoms with E-state index in [2.05, 4.69) is 28.1 Å². The van der Waals surface area contributed by atoms with Crippen LogP contribution in [0.4, 0.5) is 0 Å². The average molecular weight is 496 g/mol. The SMILES string of the molecule is Oc1c(Cl)cc(Cl)cc1C1Oc2ccc(Br)cc2C2CC(c3cccs3)=NN21. The van der Waals surface area contributed by atoms with Gasteiger partial charge in [-0.25, -0.2) is 5.01 Å². The first kappa shape index (κ1) is 18.3. The number of hydrogen-bond acceptors (Lipinski definition) is 5. The predicted octanol–water partition coefficient (Wildman–Crippen LogP) is 6.77. The number of ether oxygens (including phenoxy) is 1. The number of nitrogens with zero attached hydrogens (tertiary/aromatic N) is 2. The Bertz CT molecular complexity index is 1100. The van der Waals surface area contributed by atoms with E-state index < -0.39 is 6.23 Å². The first-order chi connectivity index (χ1) is 13.5. The molecule has 0 radical (unpaired) electrons. The van der Waals surface area contributed by atoms with E-state index in [1.165, 1.54) is 6.07 Å². The molecule has 28 heavy (non-hydrogen) atoms. The van der Waals surface area contributed by atoms with Crippen molar-refractivity contribution in [3.05, 3.63) is 78.4 Å². The normalized spacial score (nSPS) is 20.4. The van der Waals surface area contributed by atoms with Gasteiger partial charge in [0.15, 0.2) is 0 Å². The van der Waals surface area contributed by atoms with E-state index in [0.29, 0.717) is 10.6 Å². The van der Waals surface area contributed by atoms with E-state index >= 15 is 0 Å². The van der Waals surface area contributed by atoms with Crippen molar-refractivity contribution in [3.63, 3.8) is 0 Å². The lowest BCUT2D eigenvalue weighted by Gasteiger charge is -2.38. The smallest absolute Gasteiger partial charge is 0.217 e. The van der Waals surface area contributed by atoms with Gasteiger partial charge < -0.3 is 9.84 Å². The van der Waals surface area contributed by atoms with E-state index in [0.717, 1.165) is 32.8 Å². The maximum Gasteiger partial charge on any atom is 0.217 e. The molecule has 2 unspecified atom stereocenters. The molecule has 2 atom stereocenters. The van der Waals surface area contributed by atoms with Crippen LogP contribution in [0.15, 0.2) is 57.4 Å². The highest BCUT2D eigenvalue weighted by Gasteiger charge is 2.42. The van der Waals surface area contributed by atoms with Gasteiger partial charge >= 0.3 is 0 Å². The number of thiophene rings is 1. The molecule has 0 amide bonds. The van der Waals surface area contributed by atoms with E-state index in [1.54, 1.807) is 17.4 Å². The monoisotopic (exact) mass is 494 g/mol. The zero-order chi connectivity index (χ0) is 19.4. The van der Waals surface area contributed by atoms with Crippen molar-refractivity contribution < 1.29 is 9.84 Å². The van der Waals surface area contributed by atoms with Gasteiger partial charge in [-0.3, -0.25) is 0 Å². The third kappa shape index (κ3) is 2.99. The fraction of sp³-hybridized carbons (Fsp3) is 0.150. The van der Waals surface area contributed by atoms with Crippen molar-refractivity contribution in [2.24, 2.45) is 5.10 Å². The van der Waals surface area contributed by atoms with Crippen LogP contribution in [0.3, 0.4) is 0 Å². The number of phenols is 1. The molecule has 0 bridgehead atoms. The Balaban J connectivity index is 1.66. The largest absolute Gasteiger partial charge is 0.506 e. The molecule has 2 aliphatic heterocycles. The molecule has 0 spiro atoms. The molecular formula is C20H13BrCl2N2O2S. The van der Waals surface area contributed by atoms with Crippen LogP contribution in [0.2, 0.25) is 10.0 Å². The number of hydrazone groups is 1. The molecule has 2 aromatic carbocycles. The standard InChI is InChI=1S/C20H13BrCl2N2O2S/c21-10-3-4-17-12(6-10)16-9-15(18-2-1-5-28-18)24-25(16)20(27-17)13-7-11(22)8-14(23)19(13)26/h1-8,16,20,26H,9H2. The number of hydrogen-bond donors (Lipinski definition) is 1. The Morgan fingerprint density at radius 3 is 2.82 bits per heavy atom. The van der Waals surface area contributed by atoms with E-state index in [-0.39, 0.29) is 16.8 Å². The fourth-order valence-electron chi connectivity index (χ4n) is 3.63. The first-order valence-electron chi connectivity index (χ1n) is 8.55. The summed E-state index contributed by atoms with van der Waals surface area (Å²) in [6.07, 6.45) is 0.117. The van der Waals surface area contributed by atoms with Crippen LogP contribution in [0.1, 0.15) is 34.7 Å². The summed E-state index contributed by atoms with van der Waals surface area (Å²) < 4.78 is 7.25. The molecule has 4 nitrogen and oxygen atoms in total. The van der Waals surface area contributed by atoms with Crippen LogP contribution in [0.5, 0.6) is 11.5 Å². The van der Waals surface area contributed by atoms with Gasteiger partial charge in [0, 0.05) is 21.5 Å². The van der Waals surface area contributed by atoms with Gasteiger partial charge in [0.2, 0.25) is 6.23 Å². The van der Waals surface area contributed by atoms with Crippen LogP contribution in [0.25, 0.3) is 0 Å². The second-order valence-electron chi connectivity index (χ2n) is 6.60. The van der Waals surface area contributed by atoms with Crippen molar-refractivity contribution in [3.8, 4) is 11.5 Å². The summed E-state index contributed by atoms with van der Waals surface area (Å²) in [5, 5.41) is 20.0. The van der Waals surface area contributed by atoms with Crippen LogP contribution < -0.4 is 4.74 Å². The van der Waals surface area contributed by atoms with Gasteiger partial charge in [-0.15, -0.1) is 11.3 Å². The lowest BCUT2D eigenvalue weighted by molar-refractivity contribution is -0.0203. The Hall–Kier alpha value is -1.73. The van der Waals surface area contributed by atoms with Crippen molar-refractivity contribution in [2.45, 2.75) is 18.7 Å². The van der Waals surface area contributed by atoms with Gasteiger partial charge in [0.25, 0.3) is 0 Å². The van der Waals surface area contributed by atoms with E-state index in [1.807, 2.05) is 28.6 Å². The summed E-state index contributed by atoms with van der Waals surface area (Å²) in [6.45, 7) is 0. The predicted molar refractivity (Wildman–Crippen MR) is 116 cm³/mol. The molecule has 0 saturated carbocycles. The summed E-state index contributed by atoms with van der Waals surface area (Å²) in [5.74, 6) is 0.711. The lowest BCUT2D eigenvalue weighted by Crippen LogP contribution is -2.33. The molecule has 0 fully saturated rings. The zero-order valence-corrected chi connectivity index (χ0v) is 18.2. The Kier molecular flexibility index (Phi) is 4.55. The molecule has 1 N–H and O–H groups in total. The number of benzene rings is 2. The minimum absolute atomic E-state index is 0.0134. The maximum absolute atomic E-state index is 10.6. The third-order valence-corrected chi connectivity index (χ3v) is 6.80. The van der Waals surface area contributed by atoms with Crippen LogP contribution in [-0.4, -0.2) is 15.8 Å². The third-order valence-electron chi connectivity index (χ3n) is 4.88. The Morgan fingerprint density at radius 1 is 1.18 bits per heavy atom. The molecule has 8 heteroatoms. The highest BCUT2D eigenvalue weighted by atomic mass is 79.9. The minimum atomic E-state index is -0.632. The fourth-order valence-corrected chi connectivity index (χ4v) is 5.24. The molecule has 3 aromatic rings. The topological polar surface area (TPSA) is 45.1 Å². The average Bonchev–Trinajstić information content (AvgIpc) is 3.33. The second-order valence-corrected chi connectivity index (χ2v) is 9.31. The maximum atomic E-state index is 10.6. The molecule has 142 valence electrons. The number of halogens is 3. The van der Waals surface area contributed by atoms with E-state index in [4.69, 9.17) is 33.0 Å². The molecule has 0 saturated heterocycles. The quantitative estimate of drug-likeness (QED) is 0.426. The van der Waals surface area contributed by atoms with Gasteiger partial charge in [-0.1, -0.05) is 45.2 Å². The van der Waals surface area contributed by atoms with Crippen LogP contribution in [0, 0.1) is 0 Å². The summed E-state index contributed by atoms with van der Waals surface area (Å²) in [5.41, 5.74) is 2.54. The Labute approximate surface area is 184 Å². The molecule has 0 aliphatic carbocycles. The lowest BCUT2D eigenvalue weighted by atomic mass is 9.97. The van der Waals surface area contributed by atoms with Crippen molar-refractivity contribution in [2.75, 3.05) is 0 Å². The number of fused-ring (bicyclic) bond motifs is 3. The number of aromatic hydroxyl groups is 1. The van der Waals surface area contributed by atoms with Gasteiger partial charge in [0.1, 0.15) is 11.5 Å². The molecule has 5 rings (SSSR count). The molecular weight excluding hydrogens is 483 g/mol. The summed E-state index contributed by atoms with van der Waals surface area (Å²) in [4.78, 5) is 1.12. The summed E-state index contributed by atoms with van der Waals surface area (Å²) in [7, 11) is 0. The van der Waals surface area contributed by atoms with Gasteiger partial charge in [-0.05, 0) is 41.8 Å². The van der Waals surface area contributed by atoms with E-state index in [9.17, 15) is 5.11 Å². The number of phenolic OH excluding ortho intramolecular Hbond substituents is 1. The highest BCUT2D eigenvalue weighted by molar-refractivity contribution is 9.10. The second kappa shape index (κ2) is 6.95. The number of rotatable bonds is 2. The summed E-state index contributed by atoms with van der Waals surface area (Å²) in [6, 6.07) is 13.2. The summed E-state index contributed by atoms with van der Waals surface area (Å²) >= 11 is 17.6. The first-order valence-corrected chi connectivity index (χ1v) is 11.0. The Morgan fingerprint density at radius 2 is 2.04 bits per heavy atom. The molecule has 3 heterocycles. The van der Waals surface area contributed by atoms with Gasteiger partial charge in [-0.2, -0.15) is 5.10 Å². The van der Waals surface area contributed by atoms with Crippen molar-refractivity contribution >= 4 is 56.2 Å². The minimum Gasteiger partial charge on any atom is -0.506 e. The van der Waals surface area contributed by atoms with Crippen molar-refractivity contribution in [1.29, 1.82) is 0 Å². The van der Waals surface area contributed by atoms with Gasteiger partial charge in [0.05, 0.1) is 27.2 Å². The molecule has 2 aliphatic rings. The zero-order valence-electron chi connectivity index (χ0n) is 14.3.